The summed E-state index contributed by atoms with van der Waals surface area (Å²) in [6.45, 7) is 6.71. The minimum absolute atomic E-state index is 0.0477. The molecule has 0 saturated heterocycles. The van der Waals surface area contributed by atoms with Gasteiger partial charge in [0, 0.05) is 22.8 Å². The predicted molar refractivity (Wildman–Crippen MR) is 81.8 cm³/mol. The van der Waals surface area contributed by atoms with E-state index in [1.165, 1.54) is 0 Å². The molecule has 18 heavy (non-hydrogen) atoms. The first-order valence-electron chi connectivity index (χ1n) is 6.16. The van der Waals surface area contributed by atoms with E-state index < -0.39 is 0 Å². The summed E-state index contributed by atoms with van der Waals surface area (Å²) < 4.78 is 1.01. The third-order valence-electron chi connectivity index (χ3n) is 2.86. The highest BCUT2D eigenvalue weighted by Crippen LogP contribution is 2.19. The summed E-state index contributed by atoms with van der Waals surface area (Å²) in [6.07, 6.45) is 0.617. The van der Waals surface area contributed by atoms with E-state index in [1.54, 1.807) is 0 Å². The molecule has 1 N–H and O–H groups in total. The summed E-state index contributed by atoms with van der Waals surface area (Å²) in [7, 11) is 0. The lowest BCUT2D eigenvalue weighted by molar-refractivity contribution is 0.0692. The van der Waals surface area contributed by atoms with Crippen LogP contribution in [0.1, 0.15) is 36.2 Å². The van der Waals surface area contributed by atoms with E-state index in [2.05, 4.69) is 22.6 Å². The second kappa shape index (κ2) is 7.09. The number of hydrogen-bond acceptors (Lipinski definition) is 2. The molecule has 0 atom stereocenters. The smallest absolute Gasteiger partial charge is 0.255 e. The van der Waals surface area contributed by atoms with E-state index >= 15 is 0 Å². The monoisotopic (exact) mass is 361 g/mol. The Labute approximate surface area is 122 Å². The predicted octanol–water partition coefficient (Wildman–Crippen LogP) is 2.83. The molecule has 0 unspecified atom stereocenters. The first kappa shape index (κ1) is 15.4. The van der Waals surface area contributed by atoms with Crippen LogP contribution in [0.5, 0.6) is 0 Å². The van der Waals surface area contributed by atoms with Gasteiger partial charge in [0.15, 0.2) is 0 Å². The lowest BCUT2D eigenvalue weighted by Gasteiger charge is -2.27. The summed E-state index contributed by atoms with van der Waals surface area (Å²) >= 11 is 2.22. The van der Waals surface area contributed by atoms with Crippen molar-refractivity contribution in [3.05, 3.63) is 32.9 Å². The fourth-order valence-electron chi connectivity index (χ4n) is 1.80. The highest BCUT2D eigenvalue weighted by Gasteiger charge is 2.20. The zero-order valence-corrected chi connectivity index (χ0v) is 13.3. The molecule has 0 aromatic heterocycles. The van der Waals surface area contributed by atoms with Gasteiger partial charge in [0.05, 0.1) is 5.56 Å². The van der Waals surface area contributed by atoms with Crippen LogP contribution in [0.15, 0.2) is 18.2 Å². The second-order valence-corrected chi connectivity index (χ2v) is 5.68. The Bertz CT molecular complexity index is 418. The van der Waals surface area contributed by atoms with Gasteiger partial charge in [-0.05, 0) is 61.4 Å². The lowest BCUT2D eigenvalue weighted by atomic mass is 10.1. The van der Waals surface area contributed by atoms with Crippen molar-refractivity contribution in [2.45, 2.75) is 33.2 Å². The summed E-state index contributed by atoms with van der Waals surface area (Å²) in [6, 6.07) is 5.92. The number of carbonyl (C=O) groups excluding carboxylic acids is 1. The number of hydrogen-bond donors (Lipinski definition) is 1. The molecule has 0 aliphatic carbocycles. The zero-order valence-electron chi connectivity index (χ0n) is 11.1. The molecule has 3 nitrogen and oxygen atoms in total. The Balaban J connectivity index is 2.98. The van der Waals surface area contributed by atoms with Gasteiger partial charge in [0.1, 0.15) is 0 Å². The van der Waals surface area contributed by atoms with Crippen molar-refractivity contribution < 1.29 is 9.90 Å². The van der Waals surface area contributed by atoms with Gasteiger partial charge in [0.25, 0.3) is 5.91 Å². The Morgan fingerprint density at radius 3 is 2.67 bits per heavy atom. The normalized spacial score (nSPS) is 10.8. The molecule has 1 rings (SSSR count). The van der Waals surface area contributed by atoms with Crippen LogP contribution in [0, 0.1) is 10.5 Å². The Hall–Kier alpha value is -0.620. The van der Waals surface area contributed by atoms with E-state index in [-0.39, 0.29) is 18.6 Å². The van der Waals surface area contributed by atoms with Gasteiger partial charge in [0.2, 0.25) is 0 Å². The van der Waals surface area contributed by atoms with Gasteiger partial charge >= 0.3 is 0 Å². The Kier molecular flexibility index (Phi) is 6.08. The third kappa shape index (κ3) is 3.68. The summed E-state index contributed by atoms with van der Waals surface area (Å²) in [5, 5.41) is 8.91. The molecular formula is C14H20INO2. The molecule has 0 aliphatic rings. The van der Waals surface area contributed by atoms with Crippen LogP contribution in [0.25, 0.3) is 0 Å². The summed E-state index contributed by atoms with van der Waals surface area (Å²) in [5.74, 6) is 0.0477. The molecule has 0 aliphatic heterocycles. The van der Waals surface area contributed by atoms with Crippen molar-refractivity contribution in [2.75, 3.05) is 13.2 Å². The van der Waals surface area contributed by atoms with Crippen LogP contribution in [-0.4, -0.2) is 35.1 Å². The molecule has 1 amide bonds. The number of nitrogens with zero attached hydrogens (tertiary/aromatic N) is 1. The third-order valence-corrected chi connectivity index (χ3v) is 4.30. The number of amides is 1. The van der Waals surface area contributed by atoms with Crippen molar-refractivity contribution in [3.8, 4) is 0 Å². The highest BCUT2D eigenvalue weighted by atomic mass is 127. The molecular weight excluding hydrogens is 341 g/mol. The van der Waals surface area contributed by atoms with Gasteiger partial charge in [-0.1, -0.05) is 12.1 Å². The van der Waals surface area contributed by atoms with Crippen molar-refractivity contribution >= 4 is 28.5 Å². The number of benzene rings is 1. The minimum atomic E-state index is 0.0477. The van der Waals surface area contributed by atoms with Gasteiger partial charge < -0.3 is 10.0 Å². The fraction of sp³-hybridized carbons (Fsp3) is 0.500. The van der Waals surface area contributed by atoms with Gasteiger partial charge in [-0.3, -0.25) is 4.79 Å². The number of halogens is 1. The number of rotatable bonds is 5. The number of aliphatic hydroxyl groups excluding tert-OH is 1. The summed E-state index contributed by atoms with van der Waals surface area (Å²) in [4.78, 5) is 14.3. The first-order chi connectivity index (χ1) is 8.49. The molecule has 0 saturated carbocycles. The van der Waals surface area contributed by atoms with E-state index in [0.717, 1.165) is 14.7 Å². The van der Waals surface area contributed by atoms with Crippen molar-refractivity contribution in [3.63, 3.8) is 0 Å². The number of carbonyl (C=O) groups is 1. The molecule has 0 heterocycles. The molecule has 0 radical (unpaired) electrons. The summed E-state index contributed by atoms with van der Waals surface area (Å²) in [5.41, 5.74) is 1.87. The van der Waals surface area contributed by atoms with Gasteiger partial charge in [-0.15, -0.1) is 0 Å². The second-order valence-electron chi connectivity index (χ2n) is 4.61. The van der Waals surface area contributed by atoms with Crippen LogP contribution in [0.4, 0.5) is 0 Å². The van der Waals surface area contributed by atoms with Crippen molar-refractivity contribution in [1.82, 2.24) is 4.90 Å². The zero-order chi connectivity index (χ0) is 13.7. The SMILES string of the molecule is Cc1cccc(C(=O)N(CCCO)C(C)C)c1I. The number of aliphatic hydroxyl groups is 1. The maximum Gasteiger partial charge on any atom is 0.255 e. The molecule has 1 aromatic carbocycles. The molecule has 0 bridgehead atoms. The van der Waals surface area contributed by atoms with Crippen LogP contribution in [0.2, 0.25) is 0 Å². The molecule has 4 heteroatoms. The highest BCUT2D eigenvalue weighted by molar-refractivity contribution is 14.1. The van der Waals surface area contributed by atoms with Crippen LogP contribution in [-0.2, 0) is 0 Å². The molecule has 1 aromatic rings. The average Bonchev–Trinajstić information content (AvgIpc) is 2.32. The van der Waals surface area contributed by atoms with Crippen LogP contribution < -0.4 is 0 Å². The van der Waals surface area contributed by atoms with Gasteiger partial charge in [-0.25, -0.2) is 0 Å². The van der Waals surface area contributed by atoms with Crippen LogP contribution >= 0.6 is 22.6 Å². The average molecular weight is 361 g/mol. The van der Waals surface area contributed by atoms with Crippen molar-refractivity contribution in [2.24, 2.45) is 0 Å². The van der Waals surface area contributed by atoms with E-state index in [9.17, 15) is 4.79 Å². The van der Waals surface area contributed by atoms with Gasteiger partial charge in [-0.2, -0.15) is 0 Å². The maximum atomic E-state index is 12.5. The van der Waals surface area contributed by atoms with E-state index in [4.69, 9.17) is 5.11 Å². The van der Waals surface area contributed by atoms with E-state index in [0.29, 0.717) is 13.0 Å². The largest absolute Gasteiger partial charge is 0.396 e. The number of aryl methyl sites for hydroxylation is 1. The fourth-order valence-corrected chi connectivity index (χ4v) is 2.39. The lowest BCUT2D eigenvalue weighted by Crippen LogP contribution is -2.38. The first-order valence-corrected chi connectivity index (χ1v) is 7.23. The topological polar surface area (TPSA) is 40.5 Å². The van der Waals surface area contributed by atoms with Crippen LogP contribution in [0.3, 0.4) is 0 Å². The van der Waals surface area contributed by atoms with Crippen molar-refractivity contribution in [1.29, 1.82) is 0 Å². The maximum absolute atomic E-state index is 12.5. The quantitative estimate of drug-likeness (QED) is 0.820. The molecule has 0 spiro atoms. The standard InChI is InChI=1S/C14H20INO2/c1-10(2)16(8-5-9-17)14(18)12-7-4-6-11(3)13(12)15/h4,6-7,10,17H,5,8-9H2,1-3H3. The Morgan fingerprint density at radius 2 is 2.11 bits per heavy atom. The van der Waals surface area contributed by atoms with E-state index in [1.807, 2.05) is 43.9 Å². The molecule has 100 valence electrons. The Morgan fingerprint density at radius 1 is 1.44 bits per heavy atom. The molecule has 0 fully saturated rings. The minimum Gasteiger partial charge on any atom is -0.396 e.